The van der Waals surface area contributed by atoms with Crippen molar-refractivity contribution >= 4 is 17.2 Å². The van der Waals surface area contributed by atoms with Gasteiger partial charge in [0, 0.05) is 19.1 Å². The van der Waals surface area contributed by atoms with Gasteiger partial charge in [0.1, 0.15) is 0 Å². The summed E-state index contributed by atoms with van der Waals surface area (Å²) < 4.78 is 5.26. The Balaban J connectivity index is 2.39. The van der Waals surface area contributed by atoms with Gasteiger partial charge in [0.25, 0.3) is 0 Å². The van der Waals surface area contributed by atoms with Crippen LogP contribution in [-0.2, 0) is 4.74 Å². The second-order valence-corrected chi connectivity index (χ2v) is 5.21. The summed E-state index contributed by atoms with van der Waals surface area (Å²) in [6.45, 7) is 7.42. The quantitative estimate of drug-likeness (QED) is 0.741. The van der Waals surface area contributed by atoms with Crippen LogP contribution in [0.1, 0.15) is 26.7 Å². The van der Waals surface area contributed by atoms with Crippen molar-refractivity contribution in [1.82, 2.24) is 4.90 Å². The van der Waals surface area contributed by atoms with E-state index in [9.17, 15) is 0 Å². The van der Waals surface area contributed by atoms with Crippen LogP contribution >= 0.6 is 12.2 Å². The fourth-order valence-corrected chi connectivity index (χ4v) is 2.12. The van der Waals surface area contributed by atoms with Gasteiger partial charge in [-0.15, -0.1) is 0 Å². The number of piperidine rings is 1. The Labute approximate surface area is 98.0 Å². The number of nitrogens with zero attached hydrogens (tertiary/aromatic N) is 1. The van der Waals surface area contributed by atoms with E-state index in [1.54, 1.807) is 7.11 Å². The lowest BCUT2D eigenvalue weighted by Gasteiger charge is -2.39. The molecule has 0 amide bonds. The zero-order valence-electron chi connectivity index (χ0n) is 9.95. The molecular weight excluding hydrogens is 208 g/mol. The van der Waals surface area contributed by atoms with Gasteiger partial charge in [0.15, 0.2) is 0 Å². The molecule has 88 valence electrons. The van der Waals surface area contributed by atoms with Crippen molar-refractivity contribution in [3.63, 3.8) is 0 Å². The third kappa shape index (κ3) is 3.40. The molecule has 1 saturated heterocycles. The molecule has 4 heteroatoms. The molecule has 2 N–H and O–H groups in total. The van der Waals surface area contributed by atoms with Crippen molar-refractivity contribution in [2.45, 2.75) is 32.8 Å². The first-order valence-electron chi connectivity index (χ1n) is 5.53. The molecule has 0 aromatic heterocycles. The summed E-state index contributed by atoms with van der Waals surface area (Å²) in [5, 5.41) is 0. The van der Waals surface area contributed by atoms with E-state index in [0.29, 0.717) is 11.1 Å². The molecule has 0 saturated carbocycles. The third-order valence-electron chi connectivity index (χ3n) is 3.47. The zero-order chi connectivity index (χ0) is 11.5. The summed E-state index contributed by atoms with van der Waals surface area (Å²) in [6.07, 6.45) is 2.44. The molecule has 1 unspecified atom stereocenters. The summed E-state index contributed by atoms with van der Waals surface area (Å²) in [6, 6.07) is 0. The van der Waals surface area contributed by atoms with Gasteiger partial charge in [-0.2, -0.15) is 0 Å². The van der Waals surface area contributed by atoms with Gasteiger partial charge in [-0.05, 0) is 32.9 Å². The minimum Gasteiger partial charge on any atom is -0.393 e. The molecule has 0 radical (unpaired) electrons. The number of likely N-dealkylation sites (tertiary alicyclic amines) is 1. The molecule has 1 atom stereocenters. The molecule has 1 aliphatic rings. The molecule has 0 aromatic rings. The van der Waals surface area contributed by atoms with E-state index in [0.717, 1.165) is 32.5 Å². The smallest absolute Gasteiger partial charge is 0.0788 e. The molecule has 1 rings (SSSR count). The van der Waals surface area contributed by atoms with Crippen LogP contribution in [0.3, 0.4) is 0 Å². The third-order valence-corrected chi connectivity index (χ3v) is 3.96. The van der Waals surface area contributed by atoms with Crippen LogP contribution in [0, 0.1) is 5.41 Å². The van der Waals surface area contributed by atoms with Crippen molar-refractivity contribution < 1.29 is 4.74 Å². The van der Waals surface area contributed by atoms with Crippen molar-refractivity contribution in [2.75, 3.05) is 26.7 Å². The number of hydrogen-bond donors (Lipinski definition) is 1. The lowest BCUT2D eigenvalue weighted by Crippen LogP contribution is -2.46. The Morgan fingerprint density at radius 2 is 2.07 bits per heavy atom. The van der Waals surface area contributed by atoms with E-state index in [-0.39, 0.29) is 5.41 Å². The summed E-state index contributed by atoms with van der Waals surface area (Å²) in [5.41, 5.74) is 5.83. The largest absolute Gasteiger partial charge is 0.393 e. The molecule has 1 fully saturated rings. The molecule has 0 aliphatic carbocycles. The summed E-state index contributed by atoms with van der Waals surface area (Å²) in [7, 11) is 1.76. The molecule has 0 spiro atoms. The standard InChI is InChI=1S/C11H22N2OS/c1-9(14-3)8-13-6-4-11(2,5-7-13)10(12)15/h9H,4-8H2,1-3H3,(H2,12,15). The van der Waals surface area contributed by atoms with Gasteiger partial charge in [0.05, 0.1) is 11.1 Å². The average Bonchev–Trinajstić information content (AvgIpc) is 2.21. The Kier molecular flexibility index (Phi) is 4.49. The van der Waals surface area contributed by atoms with Crippen molar-refractivity contribution in [3.05, 3.63) is 0 Å². The molecule has 15 heavy (non-hydrogen) atoms. The molecule has 1 heterocycles. The van der Waals surface area contributed by atoms with Crippen LogP contribution in [-0.4, -0.2) is 42.7 Å². The van der Waals surface area contributed by atoms with E-state index in [2.05, 4.69) is 18.7 Å². The van der Waals surface area contributed by atoms with Gasteiger partial charge in [-0.1, -0.05) is 19.1 Å². The minimum atomic E-state index is 0.0716. The highest BCUT2D eigenvalue weighted by atomic mass is 32.1. The molecular formula is C11H22N2OS. The van der Waals surface area contributed by atoms with Gasteiger partial charge >= 0.3 is 0 Å². The first-order valence-corrected chi connectivity index (χ1v) is 5.94. The number of hydrogen-bond acceptors (Lipinski definition) is 3. The van der Waals surface area contributed by atoms with Crippen LogP contribution in [0.25, 0.3) is 0 Å². The Morgan fingerprint density at radius 3 is 2.47 bits per heavy atom. The summed E-state index contributed by atoms with van der Waals surface area (Å²) >= 11 is 5.11. The highest BCUT2D eigenvalue weighted by Crippen LogP contribution is 2.31. The molecule has 1 aliphatic heterocycles. The van der Waals surface area contributed by atoms with Crippen LogP contribution in [0.5, 0.6) is 0 Å². The van der Waals surface area contributed by atoms with E-state index >= 15 is 0 Å². The number of methoxy groups -OCH3 is 1. The minimum absolute atomic E-state index is 0.0716. The van der Waals surface area contributed by atoms with E-state index in [4.69, 9.17) is 22.7 Å². The topological polar surface area (TPSA) is 38.5 Å². The van der Waals surface area contributed by atoms with Crippen molar-refractivity contribution in [3.8, 4) is 0 Å². The summed E-state index contributed by atoms with van der Waals surface area (Å²) in [4.78, 5) is 3.09. The van der Waals surface area contributed by atoms with E-state index in [1.165, 1.54) is 0 Å². The Bertz CT molecular complexity index is 225. The van der Waals surface area contributed by atoms with Gasteiger partial charge in [-0.25, -0.2) is 0 Å². The van der Waals surface area contributed by atoms with E-state index in [1.807, 2.05) is 0 Å². The van der Waals surface area contributed by atoms with Crippen LogP contribution in [0.2, 0.25) is 0 Å². The second kappa shape index (κ2) is 5.23. The van der Waals surface area contributed by atoms with E-state index < -0.39 is 0 Å². The SMILES string of the molecule is COC(C)CN1CCC(C)(C(N)=S)CC1. The molecule has 3 nitrogen and oxygen atoms in total. The predicted molar refractivity (Wildman–Crippen MR) is 67.0 cm³/mol. The highest BCUT2D eigenvalue weighted by molar-refractivity contribution is 7.80. The number of nitrogens with two attached hydrogens (primary N) is 1. The molecule has 0 bridgehead atoms. The number of rotatable bonds is 4. The van der Waals surface area contributed by atoms with Crippen LogP contribution in [0.4, 0.5) is 0 Å². The Morgan fingerprint density at radius 1 is 1.53 bits per heavy atom. The maximum absolute atomic E-state index is 5.76. The number of ether oxygens (including phenoxy) is 1. The normalized spacial score (nSPS) is 23.7. The Hall–Kier alpha value is -0.190. The predicted octanol–water partition coefficient (Wildman–Crippen LogP) is 1.41. The maximum atomic E-state index is 5.76. The van der Waals surface area contributed by atoms with Gasteiger partial charge < -0.3 is 15.4 Å². The monoisotopic (exact) mass is 230 g/mol. The van der Waals surface area contributed by atoms with Gasteiger partial charge in [0.2, 0.25) is 0 Å². The molecule has 0 aromatic carbocycles. The lowest BCUT2D eigenvalue weighted by molar-refractivity contribution is 0.0584. The van der Waals surface area contributed by atoms with Crippen molar-refractivity contribution in [2.24, 2.45) is 11.1 Å². The average molecular weight is 230 g/mol. The first kappa shape index (κ1) is 12.9. The first-order chi connectivity index (χ1) is 6.98. The fourth-order valence-electron chi connectivity index (χ4n) is 1.91. The number of thiocarbonyl (C=S) groups is 1. The summed E-state index contributed by atoms with van der Waals surface area (Å²) in [5.74, 6) is 0. The van der Waals surface area contributed by atoms with Crippen molar-refractivity contribution in [1.29, 1.82) is 0 Å². The zero-order valence-corrected chi connectivity index (χ0v) is 10.8. The lowest BCUT2D eigenvalue weighted by atomic mass is 9.80. The van der Waals surface area contributed by atoms with Crippen LogP contribution < -0.4 is 5.73 Å². The van der Waals surface area contributed by atoms with Crippen LogP contribution in [0.15, 0.2) is 0 Å². The fraction of sp³-hybridized carbons (Fsp3) is 0.909. The van der Waals surface area contributed by atoms with Gasteiger partial charge in [-0.3, -0.25) is 0 Å². The second-order valence-electron chi connectivity index (χ2n) is 4.77. The highest BCUT2D eigenvalue weighted by Gasteiger charge is 2.32. The maximum Gasteiger partial charge on any atom is 0.0788 e.